The van der Waals surface area contributed by atoms with Gasteiger partial charge in [-0.1, -0.05) is 0 Å². The number of rotatable bonds is 0. The topological polar surface area (TPSA) is 74.6 Å². The molecule has 0 fully saturated rings. The third kappa shape index (κ3) is 132. The number of hydrogen-bond donors (Lipinski definition) is 2. The second kappa shape index (κ2) is 8.57. The van der Waals surface area contributed by atoms with Crippen molar-refractivity contribution in [2.24, 2.45) is 0 Å². The first kappa shape index (κ1) is 22.7. The van der Waals surface area contributed by atoms with E-state index in [2.05, 4.69) is 0 Å². The van der Waals surface area contributed by atoms with Crippen LogP contribution in [0.3, 0.4) is 0 Å². The molecule has 0 aliphatic rings. The van der Waals surface area contributed by atoms with Crippen molar-refractivity contribution in [3.05, 3.63) is 0 Å². The molecule has 0 atom stereocenters. The van der Waals surface area contributed by atoms with Crippen LogP contribution in [0.4, 0.5) is 0 Å². The molecule has 8 heteroatoms. The Labute approximate surface area is 81.9 Å². The van der Waals surface area contributed by atoms with Gasteiger partial charge in [0, 0.05) is 35.6 Å². The van der Waals surface area contributed by atoms with Crippen LogP contribution < -0.4 is 0 Å². The predicted octanol–water partition coefficient (Wildman–Crippen LogP) is -1.31. The summed E-state index contributed by atoms with van der Waals surface area (Å²) in [5.74, 6) is 0. The monoisotopic (exact) mass is 213 g/mol. The van der Waals surface area contributed by atoms with E-state index < -0.39 is 10.4 Å². The van der Waals surface area contributed by atoms with Crippen molar-refractivity contribution in [2.45, 2.75) is 0 Å². The molecule has 2 N–H and O–H groups in total. The summed E-state index contributed by atoms with van der Waals surface area (Å²) in [6.45, 7) is 0. The molecule has 0 amide bonds. The fourth-order valence-corrected chi connectivity index (χ4v) is 0. The van der Waals surface area contributed by atoms with Gasteiger partial charge in [0.2, 0.25) is 0 Å². The minimum absolute atomic E-state index is 0. The summed E-state index contributed by atoms with van der Waals surface area (Å²) in [7, 11) is -4.67. The maximum Gasteiger partial charge on any atom is 0 e. The standard InChI is InChI=1S/Fe.Li.H2O4S.V.H/c;;1-5(2,3)4;;/h;;(H2,1,2,3,4);;. The molecule has 0 aliphatic carbocycles. The number of hydrogen-bond acceptors (Lipinski definition) is 2. The summed E-state index contributed by atoms with van der Waals surface area (Å²) < 4.78 is 31.6. The summed E-state index contributed by atoms with van der Waals surface area (Å²) in [5.41, 5.74) is 0. The summed E-state index contributed by atoms with van der Waals surface area (Å²) in [4.78, 5) is 0. The normalized spacial score (nSPS) is 7.25. The fraction of sp³-hybridized carbons (Fsp3) is 0. The first-order valence-electron chi connectivity index (χ1n) is 0.698. The summed E-state index contributed by atoms with van der Waals surface area (Å²) in [5, 5.41) is 0. The molecule has 0 spiro atoms. The molecular formula is H3FeLiO4SV. The Bertz CT molecular complexity index is 99.2. The van der Waals surface area contributed by atoms with Crippen LogP contribution in [0.1, 0.15) is 0 Å². The van der Waals surface area contributed by atoms with Gasteiger partial charge in [-0.3, -0.25) is 9.11 Å². The molecule has 0 saturated heterocycles. The molecule has 0 aromatic carbocycles. The van der Waals surface area contributed by atoms with Crippen LogP contribution >= 0.6 is 0 Å². The zero-order valence-electron chi connectivity index (χ0n) is 2.92. The zero-order valence-corrected chi connectivity index (χ0v) is 6.24. The molecule has 0 unspecified atom stereocenters. The Hall–Kier alpha value is 1.57. The van der Waals surface area contributed by atoms with Gasteiger partial charge in [-0.25, -0.2) is 0 Å². The Morgan fingerprint density at radius 3 is 1.12 bits per heavy atom. The molecule has 47 valence electrons. The van der Waals surface area contributed by atoms with Crippen molar-refractivity contribution in [3.8, 4) is 0 Å². The maximum absolute atomic E-state index is 8.74. The minimum atomic E-state index is -4.67. The molecule has 0 saturated carbocycles. The summed E-state index contributed by atoms with van der Waals surface area (Å²) in [6, 6.07) is 0. The average Bonchev–Trinajstić information content (AvgIpc) is 0.722. The second-order valence-corrected chi connectivity index (χ2v) is 1.34. The molecule has 0 aliphatic heterocycles. The molecule has 0 aromatic heterocycles. The van der Waals surface area contributed by atoms with Crippen molar-refractivity contribution in [2.75, 3.05) is 0 Å². The van der Waals surface area contributed by atoms with E-state index in [0.29, 0.717) is 0 Å². The van der Waals surface area contributed by atoms with Crippen LogP contribution in [0.15, 0.2) is 0 Å². The van der Waals surface area contributed by atoms with Crippen LogP contribution in [0, 0.1) is 0 Å². The Morgan fingerprint density at radius 2 is 1.12 bits per heavy atom. The van der Waals surface area contributed by atoms with Crippen LogP contribution in [0.5, 0.6) is 0 Å². The third-order valence-corrected chi connectivity index (χ3v) is 0. The molecule has 4 nitrogen and oxygen atoms in total. The van der Waals surface area contributed by atoms with E-state index >= 15 is 0 Å². The van der Waals surface area contributed by atoms with E-state index in [0.717, 1.165) is 0 Å². The molecule has 0 rings (SSSR count). The Kier molecular flexibility index (Phi) is 24.3. The first-order valence-corrected chi connectivity index (χ1v) is 2.10. The van der Waals surface area contributed by atoms with E-state index in [4.69, 9.17) is 17.5 Å². The summed E-state index contributed by atoms with van der Waals surface area (Å²) in [6.07, 6.45) is 0. The van der Waals surface area contributed by atoms with Crippen molar-refractivity contribution < 1.29 is 53.1 Å². The van der Waals surface area contributed by atoms with Crippen molar-refractivity contribution >= 4 is 29.3 Å². The fourth-order valence-electron chi connectivity index (χ4n) is 0. The third-order valence-electron chi connectivity index (χ3n) is 0. The van der Waals surface area contributed by atoms with Crippen LogP contribution in [-0.4, -0.2) is 36.4 Å². The van der Waals surface area contributed by atoms with E-state index in [1.807, 2.05) is 0 Å². The zero-order chi connectivity index (χ0) is 4.50. The van der Waals surface area contributed by atoms with Crippen molar-refractivity contribution in [1.29, 1.82) is 0 Å². The van der Waals surface area contributed by atoms with Gasteiger partial charge in [-0.15, -0.1) is 0 Å². The van der Waals surface area contributed by atoms with Gasteiger partial charge < -0.3 is 0 Å². The molecule has 1 radical (unpaired) electrons. The van der Waals surface area contributed by atoms with Gasteiger partial charge in [-0.2, -0.15) is 8.42 Å². The molecule has 0 bridgehead atoms. The predicted molar refractivity (Wildman–Crippen MR) is 21.3 cm³/mol. The molecular weight excluding hydrogens is 210 g/mol. The SMILES string of the molecule is O=S(=O)(O)O.[Fe].[LiH].[V]. The van der Waals surface area contributed by atoms with Gasteiger partial charge in [-0.05, 0) is 0 Å². The summed E-state index contributed by atoms with van der Waals surface area (Å²) >= 11 is 0. The van der Waals surface area contributed by atoms with Crippen LogP contribution in [-0.2, 0) is 46.0 Å². The van der Waals surface area contributed by atoms with Crippen molar-refractivity contribution in [3.63, 3.8) is 0 Å². The van der Waals surface area contributed by atoms with E-state index in [9.17, 15) is 0 Å². The van der Waals surface area contributed by atoms with E-state index in [1.165, 1.54) is 0 Å². The quantitative estimate of drug-likeness (QED) is 0.387. The Balaban J connectivity index is -0.0000000267. The molecule has 0 heterocycles. The second-order valence-electron chi connectivity index (χ2n) is 0.448. The van der Waals surface area contributed by atoms with Gasteiger partial charge in [0.15, 0.2) is 0 Å². The van der Waals surface area contributed by atoms with Crippen LogP contribution in [0.2, 0.25) is 0 Å². The van der Waals surface area contributed by atoms with E-state index in [1.54, 1.807) is 0 Å². The Morgan fingerprint density at radius 1 is 1.12 bits per heavy atom. The van der Waals surface area contributed by atoms with Gasteiger partial charge in [0.1, 0.15) is 0 Å². The average molecular weight is 213 g/mol. The largest absolute Gasteiger partial charge is 0 e. The van der Waals surface area contributed by atoms with Gasteiger partial charge in [0.05, 0.1) is 0 Å². The van der Waals surface area contributed by atoms with Gasteiger partial charge >= 0.3 is 29.3 Å². The molecule has 8 heavy (non-hydrogen) atoms. The van der Waals surface area contributed by atoms with Gasteiger partial charge in [0.25, 0.3) is 0 Å². The minimum Gasteiger partial charge on any atom is 0 e. The van der Waals surface area contributed by atoms with Crippen molar-refractivity contribution in [1.82, 2.24) is 0 Å². The smallest absolute Gasteiger partial charge is 0 e. The first-order chi connectivity index (χ1) is 2.00. The van der Waals surface area contributed by atoms with E-state index in [-0.39, 0.29) is 54.5 Å². The van der Waals surface area contributed by atoms with Crippen LogP contribution in [0.25, 0.3) is 0 Å². The molecule has 0 aromatic rings. The maximum atomic E-state index is 8.74.